The van der Waals surface area contributed by atoms with Crippen molar-refractivity contribution in [3.63, 3.8) is 0 Å². The molecular weight excluding hydrogens is 663 g/mol. The fourth-order valence-electron chi connectivity index (χ4n) is 10.1. The minimum Gasteiger partial charge on any atom is -0.309 e. The van der Waals surface area contributed by atoms with Gasteiger partial charge in [0.05, 0.1) is 11.0 Å². The van der Waals surface area contributed by atoms with E-state index in [2.05, 4.69) is 208 Å². The first kappa shape index (κ1) is 32.0. The molecule has 0 saturated heterocycles. The zero-order chi connectivity index (χ0) is 37.1. The maximum atomic E-state index is 2.51. The Morgan fingerprint density at radius 2 is 0.855 bits per heavy atom. The molecule has 0 radical (unpaired) electrons. The van der Waals surface area contributed by atoms with Crippen LogP contribution in [0.25, 0.3) is 83.1 Å². The molecule has 0 spiro atoms. The summed E-state index contributed by atoms with van der Waals surface area (Å²) in [5, 5.41) is 2.52. The molecular formula is C54H41N. The van der Waals surface area contributed by atoms with Crippen molar-refractivity contribution in [1.82, 2.24) is 4.57 Å². The summed E-state index contributed by atoms with van der Waals surface area (Å²) in [5.74, 6) is 0. The summed E-state index contributed by atoms with van der Waals surface area (Å²) in [6.07, 6.45) is 0. The van der Waals surface area contributed by atoms with E-state index in [1.807, 2.05) is 0 Å². The summed E-state index contributed by atoms with van der Waals surface area (Å²) in [6, 6.07) is 65.8. The van der Waals surface area contributed by atoms with E-state index in [4.69, 9.17) is 0 Å². The van der Waals surface area contributed by atoms with Crippen molar-refractivity contribution in [3.8, 4) is 61.3 Å². The minimum absolute atomic E-state index is 0.0459. The Morgan fingerprint density at radius 3 is 1.53 bits per heavy atom. The first-order valence-corrected chi connectivity index (χ1v) is 19.5. The summed E-state index contributed by atoms with van der Waals surface area (Å²) >= 11 is 0. The van der Waals surface area contributed by atoms with Crippen molar-refractivity contribution < 1.29 is 0 Å². The minimum atomic E-state index is -0.0606. The molecule has 1 nitrogen and oxygen atoms in total. The van der Waals surface area contributed by atoms with Gasteiger partial charge in [0.25, 0.3) is 0 Å². The number of para-hydroxylation sites is 1. The zero-order valence-corrected chi connectivity index (χ0v) is 31.7. The lowest BCUT2D eigenvalue weighted by molar-refractivity contribution is 0.660. The number of fused-ring (bicyclic) bond motifs is 9. The van der Waals surface area contributed by atoms with Gasteiger partial charge in [-0.15, -0.1) is 0 Å². The number of hydrogen-bond donors (Lipinski definition) is 0. The number of hydrogen-bond acceptors (Lipinski definition) is 0. The van der Waals surface area contributed by atoms with Crippen LogP contribution in [0.1, 0.15) is 49.9 Å². The van der Waals surface area contributed by atoms with Crippen molar-refractivity contribution >= 4 is 21.8 Å². The molecule has 1 heteroatoms. The maximum Gasteiger partial charge on any atom is 0.0625 e. The third kappa shape index (κ3) is 4.53. The second-order valence-electron chi connectivity index (χ2n) is 16.5. The van der Waals surface area contributed by atoms with Crippen molar-refractivity contribution in [2.75, 3.05) is 0 Å². The average molecular weight is 704 g/mol. The number of nitrogens with zero attached hydrogens (tertiary/aromatic N) is 1. The Morgan fingerprint density at radius 1 is 0.345 bits per heavy atom. The molecule has 0 fully saturated rings. The highest BCUT2D eigenvalue weighted by molar-refractivity contribution is 6.17. The SMILES string of the molecule is CC1(C)c2ccccc2-c2cc(-c3ccc4c5ccccc5n(-c5ccc(-c6ccccc6)cc5)c4c3-c3ccc4c(c3)-c3ccccc3C4(C)C)ccc21. The maximum absolute atomic E-state index is 2.51. The van der Waals surface area contributed by atoms with E-state index < -0.39 is 0 Å². The first-order chi connectivity index (χ1) is 26.8. The van der Waals surface area contributed by atoms with Gasteiger partial charge in [0.1, 0.15) is 0 Å². The Hall–Kier alpha value is -6.44. The molecule has 0 saturated carbocycles. The molecule has 0 amide bonds. The van der Waals surface area contributed by atoms with Gasteiger partial charge in [0.15, 0.2) is 0 Å². The lowest BCUT2D eigenvalue weighted by atomic mass is 9.81. The molecule has 0 N–H and O–H groups in total. The fourth-order valence-corrected chi connectivity index (χ4v) is 10.1. The Balaban J connectivity index is 1.22. The highest BCUT2D eigenvalue weighted by Gasteiger charge is 2.37. The van der Waals surface area contributed by atoms with Gasteiger partial charge >= 0.3 is 0 Å². The topological polar surface area (TPSA) is 4.93 Å². The second-order valence-corrected chi connectivity index (χ2v) is 16.5. The molecule has 0 bridgehead atoms. The summed E-state index contributed by atoms with van der Waals surface area (Å²) in [6.45, 7) is 9.45. The normalized spacial score (nSPS) is 14.5. The molecule has 2 aliphatic rings. The van der Waals surface area contributed by atoms with Gasteiger partial charge in [0, 0.05) is 32.9 Å². The summed E-state index contributed by atoms with van der Waals surface area (Å²) in [7, 11) is 0. The third-order valence-electron chi connectivity index (χ3n) is 12.8. The van der Waals surface area contributed by atoms with Crippen LogP contribution in [0.3, 0.4) is 0 Å². The van der Waals surface area contributed by atoms with Crippen LogP contribution < -0.4 is 0 Å². The van der Waals surface area contributed by atoms with Crippen LogP contribution in [0, 0.1) is 0 Å². The average Bonchev–Trinajstić information content (AvgIpc) is 3.77. The van der Waals surface area contributed by atoms with Crippen molar-refractivity contribution in [1.29, 1.82) is 0 Å². The largest absolute Gasteiger partial charge is 0.309 e. The van der Waals surface area contributed by atoms with Crippen LogP contribution in [0.15, 0.2) is 176 Å². The smallest absolute Gasteiger partial charge is 0.0625 e. The van der Waals surface area contributed by atoms with Gasteiger partial charge in [-0.1, -0.05) is 173 Å². The Labute approximate surface area is 323 Å². The molecule has 8 aromatic carbocycles. The monoisotopic (exact) mass is 703 g/mol. The predicted octanol–water partition coefficient (Wildman–Crippen LogP) is 14.4. The van der Waals surface area contributed by atoms with Crippen LogP contribution in [-0.4, -0.2) is 4.57 Å². The van der Waals surface area contributed by atoms with Crippen LogP contribution in [0.4, 0.5) is 0 Å². The first-order valence-electron chi connectivity index (χ1n) is 19.5. The second kappa shape index (κ2) is 11.5. The van der Waals surface area contributed by atoms with Crippen LogP contribution in [0.5, 0.6) is 0 Å². The van der Waals surface area contributed by atoms with Crippen LogP contribution in [-0.2, 0) is 10.8 Å². The van der Waals surface area contributed by atoms with Gasteiger partial charge in [0.2, 0.25) is 0 Å². The zero-order valence-electron chi connectivity index (χ0n) is 31.7. The lowest BCUT2D eigenvalue weighted by Crippen LogP contribution is -2.14. The van der Waals surface area contributed by atoms with Crippen molar-refractivity contribution in [2.45, 2.75) is 38.5 Å². The van der Waals surface area contributed by atoms with E-state index in [0.29, 0.717) is 0 Å². The third-order valence-corrected chi connectivity index (χ3v) is 12.8. The van der Waals surface area contributed by atoms with E-state index in [0.717, 1.165) is 5.69 Å². The highest BCUT2D eigenvalue weighted by Crippen LogP contribution is 2.53. The molecule has 11 rings (SSSR count). The molecule has 0 unspecified atom stereocenters. The summed E-state index contributed by atoms with van der Waals surface area (Å²) in [5.41, 5.74) is 21.8. The summed E-state index contributed by atoms with van der Waals surface area (Å²) in [4.78, 5) is 0. The Bertz CT molecular complexity index is 3010. The predicted molar refractivity (Wildman–Crippen MR) is 232 cm³/mol. The molecule has 0 aliphatic heterocycles. The fraction of sp³-hybridized carbons (Fsp3) is 0.111. The molecule has 55 heavy (non-hydrogen) atoms. The molecule has 0 atom stereocenters. The summed E-state index contributed by atoms with van der Waals surface area (Å²) < 4.78 is 2.51. The standard InChI is InChI=1S/C54H41N/c1-53(2)46-19-11-8-16-40(46)44-32-36(24-30-48(44)53)39-28-29-43-42-18-10-13-21-50(42)55(38-26-22-35(23-27-38)34-14-6-5-7-15-34)52(43)51(39)37-25-31-49-45(33-37)41-17-9-12-20-47(41)54(49,3)4/h5-33H,1-4H3. The van der Waals surface area contributed by atoms with E-state index in [1.54, 1.807) is 0 Å². The van der Waals surface area contributed by atoms with Crippen LogP contribution >= 0.6 is 0 Å². The lowest BCUT2D eigenvalue weighted by Gasteiger charge is -2.22. The van der Waals surface area contributed by atoms with E-state index >= 15 is 0 Å². The van der Waals surface area contributed by atoms with E-state index in [9.17, 15) is 0 Å². The molecule has 262 valence electrons. The number of benzene rings is 8. The van der Waals surface area contributed by atoms with E-state index in [1.165, 1.54) is 99.7 Å². The highest BCUT2D eigenvalue weighted by atomic mass is 15.0. The molecule has 1 aromatic heterocycles. The van der Waals surface area contributed by atoms with Gasteiger partial charge in [-0.05, 0) is 103 Å². The Kier molecular flexibility index (Phi) is 6.72. The van der Waals surface area contributed by atoms with Crippen molar-refractivity contribution in [3.05, 3.63) is 198 Å². The quantitative estimate of drug-likeness (QED) is 0.172. The molecule has 9 aromatic rings. The molecule has 2 aliphatic carbocycles. The van der Waals surface area contributed by atoms with Gasteiger partial charge in [-0.3, -0.25) is 0 Å². The van der Waals surface area contributed by atoms with Gasteiger partial charge < -0.3 is 4.57 Å². The van der Waals surface area contributed by atoms with E-state index in [-0.39, 0.29) is 10.8 Å². The number of rotatable bonds is 4. The van der Waals surface area contributed by atoms with Gasteiger partial charge in [-0.2, -0.15) is 0 Å². The van der Waals surface area contributed by atoms with Gasteiger partial charge in [-0.25, -0.2) is 0 Å². The number of aromatic nitrogens is 1. The van der Waals surface area contributed by atoms with Crippen LogP contribution in [0.2, 0.25) is 0 Å². The van der Waals surface area contributed by atoms with Crippen molar-refractivity contribution in [2.24, 2.45) is 0 Å². The molecule has 1 heterocycles.